The van der Waals surface area contributed by atoms with Gasteiger partial charge in [0.2, 0.25) is 0 Å². The molecule has 0 radical (unpaired) electrons. The number of hydrogen-bond donors (Lipinski definition) is 2. The van der Waals surface area contributed by atoms with Crippen LogP contribution in [0.15, 0.2) is 45.3 Å². The van der Waals surface area contributed by atoms with Gasteiger partial charge in [-0.1, -0.05) is 15.9 Å². The van der Waals surface area contributed by atoms with E-state index in [1.807, 2.05) is 31.3 Å². The molecule has 0 aliphatic heterocycles. The highest BCUT2D eigenvalue weighted by Crippen LogP contribution is 2.16. The fraction of sp³-hybridized carbons (Fsp3) is 0.154. The molecular formula is C13H13BrN2O2. The Morgan fingerprint density at radius 2 is 1.94 bits per heavy atom. The van der Waals surface area contributed by atoms with Crippen molar-refractivity contribution in [3.8, 4) is 0 Å². The third-order valence-corrected chi connectivity index (χ3v) is 2.87. The minimum atomic E-state index is -0.250. The van der Waals surface area contributed by atoms with Gasteiger partial charge in [-0.2, -0.15) is 0 Å². The van der Waals surface area contributed by atoms with Gasteiger partial charge < -0.3 is 15.1 Å². The molecule has 4 nitrogen and oxygen atoms in total. The van der Waals surface area contributed by atoms with Crippen LogP contribution in [0.25, 0.3) is 0 Å². The molecule has 2 aromatic rings. The van der Waals surface area contributed by atoms with Crippen LogP contribution in [0.5, 0.6) is 0 Å². The molecule has 0 aliphatic carbocycles. The maximum absolute atomic E-state index is 11.9. The zero-order chi connectivity index (χ0) is 13.0. The van der Waals surface area contributed by atoms with Crippen molar-refractivity contribution in [2.24, 2.45) is 0 Å². The molecule has 0 aliphatic rings. The third-order valence-electron chi connectivity index (χ3n) is 2.34. The third kappa shape index (κ3) is 3.21. The number of halogens is 1. The molecular weight excluding hydrogens is 296 g/mol. The second-order valence-electron chi connectivity index (χ2n) is 3.76. The number of furan rings is 1. The van der Waals surface area contributed by atoms with Crippen molar-refractivity contribution < 1.29 is 9.21 Å². The van der Waals surface area contributed by atoms with Gasteiger partial charge in [-0.25, -0.2) is 0 Å². The molecule has 0 saturated carbocycles. The Morgan fingerprint density at radius 3 is 2.61 bits per heavy atom. The summed E-state index contributed by atoms with van der Waals surface area (Å²) in [7, 11) is 1.82. The number of hydrogen-bond acceptors (Lipinski definition) is 3. The molecule has 2 rings (SSSR count). The van der Waals surface area contributed by atoms with Gasteiger partial charge in [-0.3, -0.25) is 4.79 Å². The molecule has 1 amide bonds. The van der Waals surface area contributed by atoms with Gasteiger partial charge in [-0.05, 0) is 43.4 Å². The summed E-state index contributed by atoms with van der Waals surface area (Å²) in [5.41, 5.74) is 0.731. The van der Waals surface area contributed by atoms with E-state index in [-0.39, 0.29) is 5.91 Å². The van der Waals surface area contributed by atoms with Crippen LogP contribution in [-0.2, 0) is 6.54 Å². The number of anilines is 1. The minimum absolute atomic E-state index is 0.250. The first-order chi connectivity index (χ1) is 8.69. The van der Waals surface area contributed by atoms with Gasteiger partial charge in [0.05, 0.1) is 6.54 Å². The van der Waals surface area contributed by atoms with E-state index in [9.17, 15) is 4.79 Å². The normalized spacial score (nSPS) is 10.3. The van der Waals surface area contributed by atoms with Crippen LogP contribution in [0.1, 0.15) is 16.3 Å². The van der Waals surface area contributed by atoms with Crippen molar-refractivity contribution in [1.29, 1.82) is 0 Å². The fourth-order valence-electron chi connectivity index (χ4n) is 1.50. The summed E-state index contributed by atoms with van der Waals surface area (Å²) in [4.78, 5) is 11.9. The minimum Gasteiger partial charge on any atom is -0.455 e. The SMILES string of the molecule is CNCc1ccc(C(=O)Nc2ccc(Br)cc2)o1. The van der Waals surface area contributed by atoms with Crippen LogP contribution in [0.4, 0.5) is 5.69 Å². The van der Waals surface area contributed by atoms with Crippen molar-refractivity contribution in [1.82, 2.24) is 5.32 Å². The molecule has 5 heteroatoms. The molecule has 0 spiro atoms. The van der Waals surface area contributed by atoms with Crippen LogP contribution in [0.2, 0.25) is 0 Å². The predicted molar refractivity (Wildman–Crippen MR) is 73.6 cm³/mol. The summed E-state index contributed by atoms with van der Waals surface area (Å²) in [6.07, 6.45) is 0. The quantitative estimate of drug-likeness (QED) is 0.913. The summed E-state index contributed by atoms with van der Waals surface area (Å²) in [6.45, 7) is 0.603. The zero-order valence-corrected chi connectivity index (χ0v) is 11.5. The molecule has 1 heterocycles. The predicted octanol–water partition coefficient (Wildman–Crippen LogP) is 3.01. The Bertz CT molecular complexity index is 534. The number of nitrogens with one attached hydrogen (secondary N) is 2. The van der Waals surface area contributed by atoms with E-state index in [2.05, 4.69) is 26.6 Å². The van der Waals surface area contributed by atoms with Gasteiger partial charge in [0.1, 0.15) is 5.76 Å². The lowest BCUT2D eigenvalue weighted by Gasteiger charge is -2.02. The summed E-state index contributed by atoms with van der Waals surface area (Å²) < 4.78 is 6.37. The van der Waals surface area contributed by atoms with Crippen molar-refractivity contribution in [2.45, 2.75) is 6.54 Å². The van der Waals surface area contributed by atoms with Crippen LogP contribution in [0.3, 0.4) is 0 Å². The standard InChI is InChI=1S/C13H13BrN2O2/c1-15-8-11-6-7-12(18-11)13(17)16-10-4-2-9(14)3-5-10/h2-7,15H,8H2,1H3,(H,16,17). The smallest absolute Gasteiger partial charge is 0.291 e. The van der Waals surface area contributed by atoms with E-state index < -0.39 is 0 Å². The maximum atomic E-state index is 11.9. The fourth-order valence-corrected chi connectivity index (χ4v) is 1.76. The number of rotatable bonds is 4. The Labute approximate surface area is 114 Å². The summed E-state index contributed by atoms with van der Waals surface area (Å²) >= 11 is 3.34. The molecule has 1 aromatic heterocycles. The van der Waals surface area contributed by atoms with E-state index in [1.54, 1.807) is 12.1 Å². The number of carbonyl (C=O) groups excluding carboxylic acids is 1. The molecule has 0 unspecified atom stereocenters. The highest BCUT2D eigenvalue weighted by atomic mass is 79.9. The molecule has 94 valence electrons. The zero-order valence-electron chi connectivity index (χ0n) is 9.87. The first-order valence-electron chi connectivity index (χ1n) is 5.49. The average molecular weight is 309 g/mol. The van der Waals surface area contributed by atoms with E-state index in [0.29, 0.717) is 12.3 Å². The number of benzene rings is 1. The lowest BCUT2D eigenvalue weighted by Crippen LogP contribution is -2.10. The highest BCUT2D eigenvalue weighted by Gasteiger charge is 2.10. The molecule has 0 fully saturated rings. The Hall–Kier alpha value is -1.59. The van der Waals surface area contributed by atoms with Crippen molar-refractivity contribution in [3.63, 3.8) is 0 Å². The number of amides is 1. The van der Waals surface area contributed by atoms with E-state index in [1.165, 1.54) is 0 Å². The monoisotopic (exact) mass is 308 g/mol. The van der Waals surface area contributed by atoms with E-state index in [4.69, 9.17) is 4.42 Å². The van der Waals surface area contributed by atoms with Crippen LogP contribution in [-0.4, -0.2) is 13.0 Å². The highest BCUT2D eigenvalue weighted by molar-refractivity contribution is 9.10. The van der Waals surface area contributed by atoms with Gasteiger partial charge >= 0.3 is 0 Å². The lowest BCUT2D eigenvalue weighted by molar-refractivity contribution is 0.0995. The van der Waals surface area contributed by atoms with Crippen LogP contribution < -0.4 is 10.6 Å². The maximum Gasteiger partial charge on any atom is 0.291 e. The molecule has 18 heavy (non-hydrogen) atoms. The second-order valence-corrected chi connectivity index (χ2v) is 4.67. The van der Waals surface area contributed by atoms with Crippen LogP contribution >= 0.6 is 15.9 Å². The topological polar surface area (TPSA) is 54.3 Å². The summed E-state index contributed by atoms with van der Waals surface area (Å²) in [5.74, 6) is 0.793. The Kier molecular flexibility index (Phi) is 4.17. The van der Waals surface area contributed by atoms with Crippen molar-refractivity contribution >= 4 is 27.5 Å². The number of carbonyl (C=O) groups is 1. The molecule has 0 saturated heterocycles. The van der Waals surface area contributed by atoms with Gasteiger partial charge in [0, 0.05) is 10.2 Å². The summed E-state index contributed by atoms with van der Waals surface area (Å²) in [5, 5.41) is 5.73. The lowest BCUT2D eigenvalue weighted by atomic mass is 10.3. The Morgan fingerprint density at radius 1 is 1.22 bits per heavy atom. The van der Waals surface area contributed by atoms with Crippen molar-refractivity contribution in [3.05, 3.63) is 52.4 Å². The largest absolute Gasteiger partial charge is 0.455 e. The summed E-state index contributed by atoms with van der Waals surface area (Å²) in [6, 6.07) is 10.8. The Balaban J connectivity index is 2.04. The van der Waals surface area contributed by atoms with Crippen molar-refractivity contribution in [2.75, 3.05) is 12.4 Å². The van der Waals surface area contributed by atoms with Gasteiger partial charge in [0.15, 0.2) is 5.76 Å². The van der Waals surface area contributed by atoms with E-state index >= 15 is 0 Å². The average Bonchev–Trinajstić information content (AvgIpc) is 2.81. The first kappa shape index (κ1) is 12.9. The second kappa shape index (κ2) is 5.84. The molecule has 0 atom stereocenters. The first-order valence-corrected chi connectivity index (χ1v) is 6.28. The molecule has 1 aromatic carbocycles. The molecule has 0 bridgehead atoms. The van der Waals surface area contributed by atoms with Gasteiger partial charge in [0.25, 0.3) is 5.91 Å². The molecule has 2 N–H and O–H groups in total. The van der Waals surface area contributed by atoms with Gasteiger partial charge in [-0.15, -0.1) is 0 Å². The van der Waals surface area contributed by atoms with E-state index in [0.717, 1.165) is 15.9 Å². The van der Waals surface area contributed by atoms with Crippen LogP contribution in [0, 0.1) is 0 Å².